The van der Waals surface area contributed by atoms with Crippen LogP contribution >= 0.6 is 11.6 Å². The van der Waals surface area contributed by atoms with Gasteiger partial charge in [-0.15, -0.1) is 0 Å². The minimum Gasteiger partial charge on any atom is -0.472 e. The topological polar surface area (TPSA) is 82.9 Å². The molecule has 23 heavy (non-hydrogen) atoms. The average molecular weight is 329 g/mol. The third-order valence-corrected chi connectivity index (χ3v) is 3.89. The first-order valence-electron chi connectivity index (χ1n) is 7.16. The number of allylic oxidation sites excluding steroid dienone is 1. The number of hydrogen-bond donors (Lipinski definition) is 3. The second-order valence-electron chi connectivity index (χ2n) is 5.35. The van der Waals surface area contributed by atoms with E-state index in [9.17, 15) is 4.79 Å². The van der Waals surface area contributed by atoms with Gasteiger partial charge in [-0.3, -0.25) is 15.6 Å². The van der Waals surface area contributed by atoms with Gasteiger partial charge in [-0.05, 0) is 36.6 Å². The lowest BCUT2D eigenvalue weighted by molar-refractivity contribution is 0.0938. The van der Waals surface area contributed by atoms with E-state index in [1.165, 1.54) is 5.57 Å². The first-order chi connectivity index (χ1) is 11.2. The van der Waals surface area contributed by atoms with E-state index in [1.807, 2.05) is 6.07 Å². The average Bonchev–Trinajstić information content (AvgIpc) is 3.07. The van der Waals surface area contributed by atoms with Gasteiger partial charge in [0.15, 0.2) is 0 Å². The molecule has 3 aromatic rings. The van der Waals surface area contributed by atoms with Crippen molar-refractivity contribution in [2.24, 2.45) is 0 Å². The molecule has 7 heteroatoms. The summed E-state index contributed by atoms with van der Waals surface area (Å²) in [6.45, 7) is 0. The van der Waals surface area contributed by atoms with E-state index in [2.05, 4.69) is 20.8 Å². The van der Waals surface area contributed by atoms with Gasteiger partial charge in [0.1, 0.15) is 10.8 Å². The number of fused-ring (bicyclic) bond motifs is 1. The van der Waals surface area contributed by atoms with Crippen molar-refractivity contribution in [3.8, 4) is 0 Å². The molecule has 1 aliphatic carbocycles. The Bertz CT molecular complexity index is 905. The number of carbonyl (C=O) groups excluding carboxylic acids is 1. The Morgan fingerprint density at radius 3 is 2.91 bits per heavy atom. The number of nitrogens with zero attached hydrogens (tertiary/aromatic N) is 1. The standard InChI is InChI=1S/C16H13ClN4O2/c17-14-6-11-5-12(19-13(11)7-18-14)16(22)21-20-15(9-1-2-9)10-3-4-23-8-10/h3-8,19-20H,1-2H2,(H,21,22). The molecule has 1 amide bonds. The zero-order valence-corrected chi connectivity index (χ0v) is 12.8. The maximum Gasteiger partial charge on any atom is 0.286 e. The maximum atomic E-state index is 12.3. The van der Waals surface area contributed by atoms with Crippen LogP contribution in [0.1, 0.15) is 28.9 Å². The van der Waals surface area contributed by atoms with Gasteiger partial charge in [-0.1, -0.05) is 11.6 Å². The summed E-state index contributed by atoms with van der Waals surface area (Å²) in [5.41, 5.74) is 9.98. The number of furan rings is 1. The third kappa shape index (κ3) is 2.80. The van der Waals surface area contributed by atoms with E-state index in [-0.39, 0.29) is 5.91 Å². The molecule has 0 atom stereocenters. The number of H-pyrrole nitrogens is 1. The Morgan fingerprint density at radius 1 is 1.30 bits per heavy atom. The van der Waals surface area contributed by atoms with Crippen molar-refractivity contribution in [1.29, 1.82) is 0 Å². The maximum absolute atomic E-state index is 12.3. The molecule has 1 aliphatic rings. The molecule has 0 bridgehead atoms. The van der Waals surface area contributed by atoms with Gasteiger partial charge in [0.2, 0.25) is 0 Å². The van der Waals surface area contributed by atoms with Crippen LogP contribution in [0.2, 0.25) is 5.15 Å². The van der Waals surface area contributed by atoms with Crippen molar-refractivity contribution < 1.29 is 9.21 Å². The second kappa shape index (κ2) is 5.48. The quantitative estimate of drug-likeness (QED) is 0.507. The molecular formula is C16H13ClN4O2. The molecule has 4 rings (SSSR count). The lowest BCUT2D eigenvalue weighted by Crippen LogP contribution is -2.36. The molecule has 0 aromatic carbocycles. The zero-order valence-electron chi connectivity index (χ0n) is 12.0. The highest BCUT2D eigenvalue weighted by Gasteiger charge is 2.20. The van der Waals surface area contributed by atoms with Gasteiger partial charge < -0.3 is 9.40 Å². The first kappa shape index (κ1) is 13.9. The van der Waals surface area contributed by atoms with E-state index < -0.39 is 0 Å². The van der Waals surface area contributed by atoms with Crippen molar-refractivity contribution >= 4 is 34.1 Å². The van der Waals surface area contributed by atoms with Crippen LogP contribution in [-0.2, 0) is 0 Å². The lowest BCUT2D eigenvalue weighted by atomic mass is 10.2. The number of carbonyl (C=O) groups is 1. The van der Waals surface area contributed by atoms with E-state index in [1.54, 1.807) is 30.9 Å². The summed E-state index contributed by atoms with van der Waals surface area (Å²) in [5.74, 6) is -0.264. The molecule has 116 valence electrons. The summed E-state index contributed by atoms with van der Waals surface area (Å²) in [6.07, 6.45) is 6.91. The summed E-state index contributed by atoms with van der Waals surface area (Å²) < 4.78 is 5.10. The third-order valence-electron chi connectivity index (χ3n) is 3.68. The van der Waals surface area contributed by atoms with Crippen LogP contribution in [0.3, 0.4) is 0 Å². The van der Waals surface area contributed by atoms with E-state index in [0.717, 1.165) is 35.0 Å². The molecule has 0 radical (unpaired) electrons. The molecule has 3 aromatic heterocycles. The fraction of sp³-hybridized carbons (Fsp3) is 0.125. The van der Waals surface area contributed by atoms with Gasteiger partial charge in [-0.25, -0.2) is 4.98 Å². The molecule has 0 aliphatic heterocycles. The van der Waals surface area contributed by atoms with Gasteiger partial charge in [-0.2, -0.15) is 0 Å². The minimum atomic E-state index is -0.264. The summed E-state index contributed by atoms with van der Waals surface area (Å²) in [5, 5.41) is 1.23. The van der Waals surface area contributed by atoms with Crippen molar-refractivity contribution in [3.05, 3.63) is 58.9 Å². The summed E-state index contributed by atoms with van der Waals surface area (Å²) in [7, 11) is 0. The summed E-state index contributed by atoms with van der Waals surface area (Å²) in [4.78, 5) is 19.3. The van der Waals surface area contributed by atoms with Crippen LogP contribution in [0.15, 0.2) is 46.9 Å². The Kier molecular flexibility index (Phi) is 3.31. The summed E-state index contributed by atoms with van der Waals surface area (Å²) in [6, 6.07) is 5.30. The number of hydrazine groups is 1. The lowest BCUT2D eigenvalue weighted by Gasteiger charge is -2.10. The monoisotopic (exact) mass is 328 g/mol. The Morgan fingerprint density at radius 2 is 2.17 bits per heavy atom. The van der Waals surface area contributed by atoms with Crippen molar-refractivity contribution in [3.63, 3.8) is 0 Å². The van der Waals surface area contributed by atoms with Crippen LogP contribution in [0.5, 0.6) is 0 Å². The number of rotatable bonds is 4. The number of pyridine rings is 1. The van der Waals surface area contributed by atoms with Crippen LogP contribution in [0.25, 0.3) is 16.6 Å². The van der Waals surface area contributed by atoms with Crippen LogP contribution in [0.4, 0.5) is 0 Å². The van der Waals surface area contributed by atoms with Crippen LogP contribution < -0.4 is 10.9 Å². The molecule has 0 spiro atoms. The van der Waals surface area contributed by atoms with E-state index >= 15 is 0 Å². The molecule has 3 heterocycles. The highest BCUT2D eigenvalue weighted by molar-refractivity contribution is 6.30. The van der Waals surface area contributed by atoms with Crippen molar-refractivity contribution in [2.45, 2.75) is 12.8 Å². The smallest absolute Gasteiger partial charge is 0.286 e. The normalized spacial score (nSPS) is 13.2. The Labute approximate surface area is 136 Å². The number of amides is 1. The molecule has 1 fully saturated rings. The number of aromatic nitrogens is 2. The van der Waals surface area contributed by atoms with Gasteiger partial charge in [0.25, 0.3) is 5.91 Å². The highest BCUT2D eigenvalue weighted by atomic mass is 35.5. The molecule has 1 saturated carbocycles. The Hall–Kier alpha value is -2.73. The second-order valence-corrected chi connectivity index (χ2v) is 5.73. The molecule has 3 N–H and O–H groups in total. The predicted molar refractivity (Wildman–Crippen MR) is 86.6 cm³/mol. The fourth-order valence-electron chi connectivity index (χ4n) is 2.40. The predicted octanol–water partition coefficient (Wildman–Crippen LogP) is 3.25. The van der Waals surface area contributed by atoms with Gasteiger partial charge in [0, 0.05) is 10.9 Å². The largest absolute Gasteiger partial charge is 0.472 e. The number of aromatic amines is 1. The Balaban J connectivity index is 1.52. The fourth-order valence-corrected chi connectivity index (χ4v) is 2.56. The van der Waals surface area contributed by atoms with Gasteiger partial charge in [0.05, 0.1) is 29.9 Å². The zero-order chi connectivity index (χ0) is 15.8. The molecule has 0 unspecified atom stereocenters. The van der Waals surface area contributed by atoms with E-state index in [4.69, 9.17) is 16.0 Å². The minimum absolute atomic E-state index is 0.264. The number of nitrogens with one attached hydrogen (secondary N) is 3. The molecule has 6 nitrogen and oxygen atoms in total. The van der Waals surface area contributed by atoms with Gasteiger partial charge >= 0.3 is 0 Å². The highest BCUT2D eigenvalue weighted by Crippen LogP contribution is 2.34. The van der Waals surface area contributed by atoms with Crippen molar-refractivity contribution in [2.75, 3.05) is 0 Å². The molecular weight excluding hydrogens is 316 g/mol. The van der Waals surface area contributed by atoms with E-state index in [0.29, 0.717) is 10.8 Å². The summed E-state index contributed by atoms with van der Waals surface area (Å²) >= 11 is 5.86. The van der Waals surface area contributed by atoms with Crippen LogP contribution in [0, 0.1) is 0 Å². The van der Waals surface area contributed by atoms with Crippen LogP contribution in [-0.4, -0.2) is 15.9 Å². The molecule has 0 saturated heterocycles. The number of hydrogen-bond acceptors (Lipinski definition) is 4. The first-order valence-corrected chi connectivity index (χ1v) is 7.54. The van der Waals surface area contributed by atoms with Crippen molar-refractivity contribution in [1.82, 2.24) is 20.8 Å². The SMILES string of the molecule is O=C(NNC(=C1CC1)c1ccoc1)c1cc2cc(Cl)ncc2[nH]1. The number of halogens is 1.